The van der Waals surface area contributed by atoms with Gasteiger partial charge in [-0.2, -0.15) is 0 Å². The largest absolute Gasteiger partial charge is 0.476 e. The van der Waals surface area contributed by atoms with Crippen LogP contribution in [-0.2, 0) is 4.74 Å². The van der Waals surface area contributed by atoms with Gasteiger partial charge in [-0.15, -0.1) is 0 Å². The molecule has 2 rings (SSSR count). The second kappa shape index (κ2) is 6.42. The van der Waals surface area contributed by atoms with Gasteiger partial charge in [0.15, 0.2) is 5.69 Å². The normalized spacial score (nSPS) is 22.2. The zero-order chi connectivity index (χ0) is 14.5. The van der Waals surface area contributed by atoms with Crippen molar-refractivity contribution in [2.45, 2.75) is 25.9 Å². The molecule has 2 atom stereocenters. The number of rotatable bonds is 4. The maximum Gasteiger partial charge on any atom is 0.356 e. The average Bonchev–Trinajstić information content (AvgIpc) is 2.45. The Morgan fingerprint density at radius 2 is 2.10 bits per heavy atom. The van der Waals surface area contributed by atoms with Crippen LogP contribution in [0.4, 0.5) is 0 Å². The number of carbonyl (C=O) groups is 2. The lowest BCUT2D eigenvalue weighted by Crippen LogP contribution is -2.34. The Labute approximate surface area is 116 Å². The molecule has 2 heterocycles. The first kappa shape index (κ1) is 14.4. The van der Waals surface area contributed by atoms with E-state index in [4.69, 9.17) is 9.84 Å². The van der Waals surface area contributed by atoms with Gasteiger partial charge in [0.2, 0.25) is 0 Å². The zero-order valence-electron chi connectivity index (χ0n) is 11.2. The van der Waals surface area contributed by atoms with E-state index in [1.54, 1.807) is 0 Å². The Bertz CT molecular complexity index is 489. The molecular weight excluding hydrogens is 262 g/mol. The molecule has 7 nitrogen and oxygen atoms in total. The molecule has 2 unspecified atom stereocenters. The first-order chi connectivity index (χ1) is 9.56. The number of carboxylic acid groups (broad SMARTS) is 1. The molecule has 2 N–H and O–H groups in total. The van der Waals surface area contributed by atoms with Gasteiger partial charge in [0, 0.05) is 13.2 Å². The van der Waals surface area contributed by atoms with Crippen LogP contribution in [0.1, 0.15) is 40.7 Å². The molecule has 1 fully saturated rings. The number of hydrogen-bond acceptors (Lipinski definition) is 5. The second-order valence-corrected chi connectivity index (χ2v) is 4.87. The number of carbonyl (C=O) groups excluding carboxylic acids is 1. The molecule has 0 spiro atoms. The SMILES string of the molecule is CC1CC(CNC(=O)c2cnc(C(=O)O)cn2)CCO1. The highest BCUT2D eigenvalue weighted by Crippen LogP contribution is 2.18. The van der Waals surface area contributed by atoms with Gasteiger partial charge in [0.1, 0.15) is 5.69 Å². The molecule has 0 radical (unpaired) electrons. The monoisotopic (exact) mass is 279 g/mol. The van der Waals surface area contributed by atoms with E-state index in [0.717, 1.165) is 25.6 Å². The summed E-state index contributed by atoms with van der Waals surface area (Å²) in [5.41, 5.74) is -0.0603. The Morgan fingerprint density at radius 1 is 1.40 bits per heavy atom. The smallest absolute Gasteiger partial charge is 0.356 e. The minimum Gasteiger partial charge on any atom is -0.476 e. The number of carboxylic acids is 1. The molecule has 7 heteroatoms. The quantitative estimate of drug-likeness (QED) is 0.842. The number of ether oxygens (including phenoxy) is 1. The van der Waals surface area contributed by atoms with Crippen LogP contribution in [0.3, 0.4) is 0 Å². The van der Waals surface area contributed by atoms with Crippen LogP contribution in [0.2, 0.25) is 0 Å². The average molecular weight is 279 g/mol. The number of hydrogen-bond donors (Lipinski definition) is 2. The van der Waals surface area contributed by atoms with E-state index in [2.05, 4.69) is 15.3 Å². The van der Waals surface area contributed by atoms with E-state index < -0.39 is 5.97 Å². The minimum atomic E-state index is -1.17. The summed E-state index contributed by atoms with van der Waals surface area (Å²) in [6.07, 6.45) is 4.32. The molecule has 0 aliphatic carbocycles. The molecule has 1 saturated heterocycles. The van der Waals surface area contributed by atoms with Crippen LogP contribution < -0.4 is 5.32 Å². The summed E-state index contributed by atoms with van der Waals surface area (Å²) >= 11 is 0. The van der Waals surface area contributed by atoms with Crippen molar-refractivity contribution in [3.63, 3.8) is 0 Å². The first-order valence-corrected chi connectivity index (χ1v) is 6.51. The van der Waals surface area contributed by atoms with E-state index in [1.165, 1.54) is 6.20 Å². The highest BCUT2D eigenvalue weighted by molar-refractivity contribution is 5.92. The number of nitrogens with zero attached hydrogens (tertiary/aromatic N) is 2. The maximum absolute atomic E-state index is 11.9. The number of nitrogens with one attached hydrogen (secondary N) is 1. The predicted octanol–water partition coefficient (Wildman–Crippen LogP) is 0.720. The lowest BCUT2D eigenvalue weighted by molar-refractivity contribution is 0.00301. The van der Waals surface area contributed by atoms with Gasteiger partial charge in [0.25, 0.3) is 5.91 Å². The van der Waals surface area contributed by atoms with Crippen molar-refractivity contribution in [1.29, 1.82) is 0 Å². The van der Waals surface area contributed by atoms with Crippen LogP contribution in [0.15, 0.2) is 12.4 Å². The highest BCUT2D eigenvalue weighted by atomic mass is 16.5. The Kier molecular flexibility index (Phi) is 4.62. The molecule has 20 heavy (non-hydrogen) atoms. The fraction of sp³-hybridized carbons (Fsp3) is 0.538. The van der Waals surface area contributed by atoms with Crippen LogP contribution in [0, 0.1) is 5.92 Å². The van der Waals surface area contributed by atoms with Crippen molar-refractivity contribution in [2.75, 3.05) is 13.2 Å². The Morgan fingerprint density at radius 3 is 2.70 bits per heavy atom. The molecule has 1 aliphatic heterocycles. The molecule has 0 bridgehead atoms. The number of amides is 1. The molecule has 1 aromatic heterocycles. The third-order valence-corrected chi connectivity index (χ3v) is 3.25. The Balaban J connectivity index is 1.86. The van der Waals surface area contributed by atoms with Crippen molar-refractivity contribution in [1.82, 2.24) is 15.3 Å². The first-order valence-electron chi connectivity index (χ1n) is 6.51. The van der Waals surface area contributed by atoms with Crippen LogP contribution in [0.5, 0.6) is 0 Å². The van der Waals surface area contributed by atoms with E-state index >= 15 is 0 Å². The summed E-state index contributed by atoms with van der Waals surface area (Å²) in [6, 6.07) is 0. The molecule has 0 saturated carbocycles. The van der Waals surface area contributed by atoms with Gasteiger partial charge in [-0.05, 0) is 25.7 Å². The van der Waals surface area contributed by atoms with E-state index in [9.17, 15) is 9.59 Å². The van der Waals surface area contributed by atoms with Crippen molar-refractivity contribution in [2.24, 2.45) is 5.92 Å². The van der Waals surface area contributed by atoms with E-state index in [-0.39, 0.29) is 23.4 Å². The van der Waals surface area contributed by atoms with E-state index in [1.807, 2.05) is 6.92 Å². The number of aromatic nitrogens is 2. The van der Waals surface area contributed by atoms with E-state index in [0.29, 0.717) is 12.5 Å². The lowest BCUT2D eigenvalue weighted by Gasteiger charge is -2.27. The molecule has 1 amide bonds. The third kappa shape index (κ3) is 3.74. The fourth-order valence-electron chi connectivity index (χ4n) is 2.16. The van der Waals surface area contributed by atoms with Crippen LogP contribution in [-0.4, -0.2) is 46.2 Å². The van der Waals surface area contributed by atoms with Crippen LogP contribution in [0.25, 0.3) is 0 Å². The summed E-state index contributed by atoms with van der Waals surface area (Å²) < 4.78 is 5.44. The standard InChI is InChI=1S/C13H17N3O4/c1-8-4-9(2-3-20-8)5-16-12(17)10-6-15-11(7-14-10)13(18)19/h6-9H,2-5H2,1H3,(H,16,17)(H,18,19). The van der Waals surface area contributed by atoms with Gasteiger partial charge >= 0.3 is 5.97 Å². The van der Waals surface area contributed by atoms with Crippen molar-refractivity contribution < 1.29 is 19.4 Å². The fourth-order valence-corrected chi connectivity index (χ4v) is 2.16. The second-order valence-electron chi connectivity index (χ2n) is 4.87. The summed E-state index contributed by atoms with van der Waals surface area (Å²) in [6.45, 7) is 3.30. The zero-order valence-corrected chi connectivity index (χ0v) is 11.2. The van der Waals surface area contributed by atoms with Gasteiger partial charge in [-0.1, -0.05) is 0 Å². The maximum atomic E-state index is 11.9. The van der Waals surface area contributed by atoms with Crippen molar-refractivity contribution in [3.05, 3.63) is 23.8 Å². The van der Waals surface area contributed by atoms with Crippen LogP contribution >= 0.6 is 0 Å². The minimum absolute atomic E-state index is 0.120. The molecule has 108 valence electrons. The highest BCUT2D eigenvalue weighted by Gasteiger charge is 2.20. The summed E-state index contributed by atoms with van der Waals surface area (Å²) in [5, 5.41) is 11.5. The topological polar surface area (TPSA) is 101 Å². The molecule has 1 aliphatic rings. The Hall–Kier alpha value is -2.02. The van der Waals surface area contributed by atoms with Gasteiger partial charge in [-0.25, -0.2) is 14.8 Å². The molecular formula is C13H17N3O4. The predicted molar refractivity (Wildman–Crippen MR) is 69.5 cm³/mol. The molecule has 1 aromatic rings. The summed E-state index contributed by atoms with van der Waals surface area (Å²) in [5.74, 6) is -1.11. The summed E-state index contributed by atoms with van der Waals surface area (Å²) in [7, 11) is 0. The van der Waals surface area contributed by atoms with Gasteiger partial charge in [-0.3, -0.25) is 4.79 Å². The molecule has 0 aromatic carbocycles. The summed E-state index contributed by atoms with van der Waals surface area (Å²) in [4.78, 5) is 29.9. The number of aromatic carboxylic acids is 1. The van der Waals surface area contributed by atoms with Gasteiger partial charge < -0.3 is 15.2 Å². The lowest BCUT2D eigenvalue weighted by atomic mass is 9.96. The van der Waals surface area contributed by atoms with Crippen molar-refractivity contribution >= 4 is 11.9 Å². The van der Waals surface area contributed by atoms with Gasteiger partial charge in [0.05, 0.1) is 18.5 Å². The van der Waals surface area contributed by atoms with Crippen molar-refractivity contribution in [3.8, 4) is 0 Å². The third-order valence-electron chi connectivity index (χ3n) is 3.25.